The number of hydrogen-bond donors (Lipinski definition) is 0. The second-order valence-electron chi connectivity index (χ2n) is 8.95. The van der Waals surface area contributed by atoms with Crippen LogP contribution in [0.15, 0.2) is 51.6 Å². The van der Waals surface area contributed by atoms with Gasteiger partial charge in [-0.2, -0.15) is 0 Å². The molecule has 0 aromatic heterocycles. The first kappa shape index (κ1) is 26.8. The number of nitrogens with zero attached hydrogens (tertiary/aromatic N) is 3. The highest BCUT2D eigenvalue weighted by molar-refractivity contribution is 8.16. The highest BCUT2D eigenvalue weighted by Gasteiger charge is 2.43. The number of rotatable bonds is 8. The van der Waals surface area contributed by atoms with Crippen LogP contribution in [0.3, 0.4) is 0 Å². The van der Waals surface area contributed by atoms with Gasteiger partial charge in [0.1, 0.15) is 5.75 Å². The predicted octanol–water partition coefficient (Wildman–Crippen LogP) is 4.03. The minimum absolute atomic E-state index is 0.0780. The average Bonchev–Trinajstić information content (AvgIpc) is 3.33. The Kier molecular flexibility index (Phi) is 8.58. The summed E-state index contributed by atoms with van der Waals surface area (Å²) in [5.41, 5.74) is 2.60. The number of amides is 1. The van der Waals surface area contributed by atoms with Crippen molar-refractivity contribution in [2.45, 2.75) is 45.6 Å². The molecule has 10 heteroatoms. The van der Waals surface area contributed by atoms with Crippen molar-refractivity contribution in [3.63, 3.8) is 0 Å². The summed E-state index contributed by atoms with van der Waals surface area (Å²) in [6.07, 6.45) is 2.12. The van der Waals surface area contributed by atoms with Crippen LogP contribution < -0.4 is 4.74 Å². The highest BCUT2D eigenvalue weighted by atomic mass is 32.2. The summed E-state index contributed by atoms with van der Waals surface area (Å²) < 4.78 is 16.0. The van der Waals surface area contributed by atoms with Crippen LogP contribution in [-0.2, 0) is 23.9 Å². The number of likely N-dealkylation sites (tertiary alicyclic amines) is 1. The lowest BCUT2D eigenvalue weighted by molar-refractivity contribution is -0.151. The number of carbonyl (C=O) groups excluding carboxylic acids is 3. The SMILES string of the molecule is CCOC(=O)[C@H]1CCCN(C(=O)CC2=CSC3=NC(CC)=C(C(=O)OC)[C@H](c4ccccc4OC)N23)C1. The maximum atomic E-state index is 13.4. The molecule has 0 bridgehead atoms. The van der Waals surface area contributed by atoms with Crippen LogP contribution >= 0.6 is 11.8 Å². The third kappa shape index (κ3) is 5.39. The number of fused-ring (bicyclic) bond motifs is 1. The van der Waals surface area contributed by atoms with E-state index in [2.05, 4.69) is 0 Å². The smallest absolute Gasteiger partial charge is 0.338 e. The Hall–Kier alpha value is -3.27. The molecule has 37 heavy (non-hydrogen) atoms. The topological polar surface area (TPSA) is 97.7 Å². The molecule has 1 aromatic carbocycles. The third-order valence-electron chi connectivity index (χ3n) is 6.79. The standard InChI is InChI=1S/C27H33N3O6S/c1-5-20-23(26(33)35-4)24(19-11-7-8-12-21(19)34-3)30-18(16-37-27(30)28-20)14-22(31)29-13-9-10-17(15-29)25(32)36-6-2/h7-8,11-12,16-17,24H,5-6,9-10,13-15H2,1-4H3/t17-,24-/m0/s1. The molecule has 2 atom stereocenters. The molecule has 0 saturated carbocycles. The molecular weight excluding hydrogens is 494 g/mol. The second kappa shape index (κ2) is 11.9. The molecule has 0 unspecified atom stereocenters. The van der Waals surface area contributed by atoms with Gasteiger partial charge in [0, 0.05) is 24.4 Å². The molecule has 1 aromatic rings. The van der Waals surface area contributed by atoms with E-state index in [1.165, 1.54) is 18.9 Å². The van der Waals surface area contributed by atoms with Crippen LogP contribution in [0.2, 0.25) is 0 Å². The summed E-state index contributed by atoms with van der Waals surface area (Å²) >= 11 is 1.43. The highest BCUT2D eigenvalue weighted by Crippen LogP contribution is 2.47. The van der Waals surface area contributed by atoms with E-state index < -0.39 is 12.0 Å². The minimum Gasteiger partial charge on any atom is -0.496 e. The van der Waals surface area contributed by atoms with Gasteiger partial charge in [-0.05, 0) is 37.7 Å². The number of methoxy groups -OCH3 is 2. The molecule has 1 amide bonds. The van der Waals surface area contributed by atoms with Crippen LogP contribution in [0.1, 0.15) is 51.1 Å². The van der Waals surface area contributed by atoms with E-state index >= 15 is 0 Å². The number of benzene rings is 1. The summed E-state index contributed by atoms with van der Waals surface area (Å²) in [6.45, 7) is 5.00. The van der Waals surface area contributed by atoms with Crippen LogP contribution in [0.25, 0.3) is 0 Å². The van der Waals surface area contributed by atoms with Crippen LogP contribution in [0.5, 0.6) is 5.75 Å². The number of para-hydroxylation sites is 1. The lowest BCUT2D eigenvalue weighted by Crippen LogP contribution is -2.44. The van der Waals surface area contributed by atoms with E-state index in [0.29, 0.717) is 54.7 Å². The van der Waals surface area contributed by atoms with E-state index in [1.54, 1.807) is 18.9 Å². The van der Waals surface area contributed by atoms with Gasteiger partial charge in [0.25, 0.3) is 0 Å². The quantitative estimate of drug-likeness (QED) is 0.468. The number of carbonyl (C=O) groups is 3. The van der Waals surface area contributed by atoms with Crippen LogP contribution in [0, 0.1) is 5.92 Å². The number of amidine groups is 1. The molecule has 3 heterocycles. The molecular formula is C27H33N3O6S. The van der Waals surface area contributed by atoms with Crippen molar-refractivity contribution >= 4 is 34.8 Å². The summed E-state index contributed by atoms with van der Waals surface area (Å²) in [4.78, 5) is 47.3. The molecule has 3 aliphatic rings. The monoisotopic (exact) mass is 527 g/mol. The Morgan fingerprint density at radius 2 is 1.95 bits per heavy atom. The van der Waals surface area contributed by atoms with E-state index in [4.69, 9.17) is 19.2 Å². The van der Waals surface area contributed by atoms with Crippen LogP contribution in [-0.4, -0.2) is 66.7 Å². The van der Waals surface area contributed by atoms with Crippen molar-refractivity contribution in [1.82, 2.24) is 9.80 Å². The lowest BCUT2D eigenvalue weighted by atomic mass is 9.92. The zero-order chi connectivity index (χ0) is 26.5. The molecule has 0 spiro atoms. The number of hydrogen-bond acceptors (Lipinski definition) is 9. The van der Waals surface area contributed by atoms with E-state index in [1.807, 2.05) is 41.5 Å². The first-order chi connectivity index (χ1) is 17.9. The van der Waals surface area contributed by atoms with Crippen molar-refractivity contribution in [1.29, 1.82) is 0 Å². The number of ether oxygens (including phenoxy) is 3. The Morgan fingerprint density at radius 3 is 2.65 bits per heavy atom. The average molecular weight is 528 g/mol. The van der Waals surface area contributed by atoms with Crippen molar-refractivity contribution in [3.05, 3.63) is 52.2 Å². The predicted molar refractivity (Wildman–Crippen MR) is 141 cm³/mol. The van der Waals surface area contributed by atoms with Crippen molar-refractivity contribution in [2.75, 3.05) is 33.9 Å². The van der Waals surface area contributed by atoms with Gasteiger partial charge < -0.3 is 24.0 Å². The summed E-state index contributed by atoms with van der Waals surface area (Å²) in [5.74, 6) is -0.477. The summed E-state index contributed by atoms with van der Waals surface area (Å²) in [5, 5.41) is 2.62. The molecule has 9 nitrogen and oxygen atoms in total. The molecule has 1 saturated heterocycles. The Morgan fingerprint density at radius 1 is 1.16 bits per heavy atom. The zero-order valence-electron chi connectivity index (χ0n) is 21.7. The van der Waals surface area contributed by atoms with E-state index in [0.717, 1.165) is 17.7 Å². The van der Waals surface area contributed by atoms with Gasteiger partial charge in [0.05, 0.1) is 50.5 Å². The molecule has 0 N–H and O–H groups in total. The first-order valence-electron chi connectivity index (χ1n) is 12.6. The molecule has 198 valence electrons. The normalized spacial score (nSPS) is 21.2. The number of esters is 2. The Labute approximate surface area is 221 Å². The molecule has 1 fully saturated rings. The van der Waals surface area contributed by atoms with Crippen molar-refractivity contribution < 1.29 is 28.6 Å². The van der Waals surface area contributed by atoms with Crippen molar-refractivity contribution in [3.8, 4) is 5.75 Å². The molecule has 0 aliphatic carbocycles. The first-order valence-corrected chi connectivity index (χ1v) is 13.4. The largest absolute Gasteiger partial charge is 0.496 e. The minimum atomic E-state index is -0.561. The number of allylic oxidation sites excluding steroid dienone is 1. The van der Waals surface area contributed by atoms with E-state index in [-0.39, 0.29) is 24.2 Å². The number of thioether (sulfide) groups is 1. The van der Waals surface area contributed by atoms with Gasteiger partial charge in [-0.25, -0.2) is 9.79 Å². The van der Waals surface area contributed by atoms with Crippen LogP contribution in [0.4, 0.5) is 0 Å². The molecule has 4 rings (SSSR count). The Balaban J connectivity index is 1.65. The van der Waals surface area contributed by atoms with Crippen molar-refractivity contribution in [2.24, 2.45) is 10.9 Å². The lowest BCUT2D eigenvalue weighted by Gasteiger charge is -2.38. The fourth-order valence-electron chi connectivity index (χ4n) is 5.02. The van der Waals surface area contributed by atoms with Gasteiger partial charge in [0.2, 0.25) is 5.91 Å². The van der Waals surface area contributed by atoms with Gasteiger partial charge in [0.15, 0.2) is 5.17 Å². The van der Waals surface area contributed by atoms with Gasteiger partial charge in [-0.15, -0.1) is 0 Å². The van der Waals surface area contributed by atoms with Gasteiger partial charge in [-0.3, -0.25) is 9.59 Å². The fourth-order valence-corrected chi connectivity index (χ4v) is 5.96. The molecule has 3 aliphatic heterocycles. The summed E-state index contributed by atoms with van der Waals surface area (Å²) in [7, 11) is 2.95. The zero-order valence-corrected chi connectivity index (χ0v) is 22.5. The van der Waals surface area contributed by atoms with E-state index in [9.17, 15) is 14.4 Å². The maximum absolute atomic E-state index is 13.4. The number of piperidine rings is 1. The maximum Gasteiger partial charge on any atom is 0.338 e. The fraction of sp³-hybridized carbons (Fsp3) is 0.481. The molecule has 0 radical (unpaired) electrons. The summed E-state index contributed by atoms with van der Waals surface area (Å²) in [6, 6.07) is 6.97. The van der Waals surface area contributed by atoms with Gasteiger partial charge in [-0.1, -0.05) is 36.9 Å². The second-order valence-corrected chi connectivity index (χ2v) is 9.79. The number of aliphatic imine (C=N–C) groups is 1. The third-order valence-corrected chi connectivity index (χ3v) is 7.68. The van der Waals surface area contributed by atoms with Gasteiger partial charge >= 0.3 is 11.9 Å². The Bertz CT molecular complexity index is 1160.